The zero-order valence-corrected chi connectivity index (χ0v) is 17.9. The molecule has 2 heterocycles. The topological polar surface area (TPSA) is 108 Å². The molecule has 0 fully saturated rings. The van der Waals surface area contributed by atoms with Gasteiger partial charge in [-0.05, 0) is 30.5 Å². The number of hydrogen-bond donors (Lipinski definition) is 2. The molecule has 0 radical (unpaired) electrons. The molecule has 8 nitrogen and oxygen atoms in total. The summed E-state index contributed by atoms with van der Waals surface area (Å²) in [5, 5.41) is 15.5. The number of aldehydes is 1. The van der Waals surface area contributed by atoms with Gasteiger partial charge in [0.1, 0.15) is 11.5 Å². The van der Waals surface area contributed by atoms with Crippen LogP contribution >= 0.6 is 7.92 Å². The van der Waals surface area contributed by atoms with Crippen LogP contribution in [0.3, 0.4) is 0 Å². The second-order valence-corrected chi connectivity index (χ2v) is 9.18. The first kappa shape index (κ1) is 20.7. The van der Waals surface area contributed by atoms with Gasteiger partial charge in [-0.3, -0.25) is 9.48 Å². The van der Waals surface area contributed by atoms with Gasteiger partial charge in [-0.25, -0.2) is 0 Å². The normalized spacial score (nSPS) is 10.9. The molecule has 0 aliphatic carbocycles. The van der Waals surface area contributed by atoms with Crippen LogP contribution in [0.15, 0.2) is 30.3 Å². The maximum atomic E-state index is 11.3. The summed E-state index contributed by atoms with van der Waals surface area (Å²) in [6.45, 7) is 4.43. The SMILES string of the molecule is CCP(CC)c1cc(-c2cccc(Nc3cc(N)nnc3C=O)c2OC)nn1C. The minimum Gasteiger partial charge on any atom is -0.494 e. The van der Waals surface area contributed by atoms with Gasteiger partial charge in [-0.1, -0.05) is 27.8 Å². The molecule has 0 amide bonds. The molecule has 1 aromatic carbocycles. The molecule has 2 aromatic heterocycles. The lowest BCUT2D eigenvalue weighted by atomic mass is 10.1. The molecule has 152 valence electrons. The Morgan fingerprint density at radius 1 is 1.21 bits per heavy atom. The number of carbonyl (C=O) groups excluding carboxylic acids is 1. The fourth-order valence-electron chi connectivity index (χ4n) is 3.24. The summed E-state index contributed by atoms with van der Waals surface area (Å²) in [4.78, 5) is 11.3. The van der Waals surface area contributed by atoms with Crippen molar-refractivity contribution in [2.75, 3.05) is 30.5 Å². The summed E-state index contributed by atoms with van der Waals surface area (Å²) in [6.07, 6.45) is 2.87. The smallest absolute Gasteiger partial charge is 0.172 e. The average molecular weight is 412 g/mol. The minimum absolute atomic E-state index is 0.170. The Balaban J connectivity index is 2.05. The minimum atomic E-state index is -0.237. The lowest BCUT2D eigenvalue weighted by Gasteiger charge is -2.15. The number of nitrogens with one attached hydrogen (secondary N) is 1. The van der Waals surface area contributed by atoms with Gasteiger partial charge in [0.05, 0.1) is 29.6 Å². The summed E-state index contributed by atoms with van der Waals surface area (Å²) in [5.74, 6) is 0.844. The van der Waals surface area contributed by atoms with Crippen LogP contribution in [-0.2, 0) is 7.05 Å². The third kappa shape index (κ3) is 4.22. The number of methoxy groups -OCH3 is 1. The number of rotatable bonds is 8. The Morgan fingerprint density at radius 3 is 2.62 bits per heavy atom. The molecule has 0 unspecified atom stereocenters. The van der Waals surface area contributed by atoms with Crippen molar-refractivity contribution in [1.29, 1.82) is 0 Å². The monoisotopic (exact) mass is 412 g/mol. The van der Waals surface area contributed by atoms with Gasteiger partial charge >= 0.3 is 0 Å². The van der Waals surface area contributed by atoms with Crippen LogP contribution in [-0.4, -0.2) is 45.7 Å². The average Bonchev–Trinajstić information content (AvgIpc) is 3.10. The van der Waals surface area contributed by atoms with E-state index in [9.17, 15) is 4.79 Å². The van der Waals surface area contributed by atoms with E-state index in [2.05, 4.69) is 35.4 Å². The van der Waals surface area contributed by atoms with E-state index < -0.39 is 0 Å². The van der Waals surface area contributed by atoms with Crippen molar-refractivity contribution in [2.24, 2.45) is 7.05 Å². The zero-order chi connectivity index (χ0) is 21.0. The first-order valence-electron chi connectivity index (χ1n) is 9.34. The van der Waals surface area contributed by atoms with Crippen LogP contribution in [0, 0.1) is 0 Å². The van der Waals surface area contributed by atoms with Crippen LogP contribution in [0.2, 0.25) is 0 Å². The van der Waals surface area contributed by atoms with Crippen LogP contribution in [0.1, 0.15) is 24.3 Å². The quantitative estimate of drug-likeness (QED) is 0.432. The Labute approximate surface area is 171 Å². The highest BCUT2D eigenvalue weighted by atomic mass is 31.1. The maximum Gasteiger partial charge on any atom is 0.172 e. The molecular formula is C20H25N6O2P. The largest absolute Gasteiger partial charge is 0.494 e. The number of anilines is 3. The third-order valence-corrected chi connectivity index (χ3v) is 7.25. The van der Waals surface area contributed by atoms with Crippen LogP contribution < -0.4 is 21.2 Å². The molecule has 0 bridgehead atoms. The van der Waals surface area contributed by atoms with Gasteiger partial charge in [-0.15, -0.1) is 10.2 Å². The lowest BCUT2D eigenvalue weighted by molar-refractivity contribution is 0.111. The number of nitrogen functional groups attached to an aromatic ring is 1. The van der Waals surface area contributed by atoms with Gasteiger partial charge in [-0.2, -0.15) is 5.10 Å². The Bertz CT molecular complexity index is 1020. The van der Waals surface area contributed by atoms with Gasteiger partial charge in [0, 0.05) is 18.7 Å². The summed E-state index contributed by atoms with van der Waals surface area (Å²) in [7, 11) is 3.35. The molecular weight excluding hydrogens is 387 g/mol. The predicted molar refractivity (Wildman–Crippen MR) is 118 cm³/mol. The Morgan fingerprint density at radius 2 is 1.97 bits per heavy atom. The summed E-state index contributed by atoms with van der Waals surface area (Å²) in [5.41, 5.74) is 10.0. The van der Waals surface area contributed by atoms with E-state index in [0.29, 0.717) is 23.4 Å². The molecule has 3 rings (SSSR count). The van der Waals surface area contributed by atoms with Crippen molar-refractivity contribution in [3.8, 4) is 17.0 Å². The molecule has 0 aliphatic heterocycles. The second kappa shape index (κ2) is 9.01. The van der Waals surface area contributed by atoms with E-state index in [4.69, 9.17) is 15.6 Å². The molecule has 9 heteroatoms. The van der Waals surface area contributed by atoms with Crippen LogP contribution in [0.5, 0.6) is 5.75 Å². The fraction of sp³-hybridized carbons (Fsp3) is 0.300. The number of hydrogen-bond acceptors (Lipinski definition) is 7. The van der Waals surface area contributed by atoms with E-state index in [1.165, 1.54) is 5.44 Å². The Hall–Kier alpha value is -2.99. The molecule has 0 atom stereocenters. The number of para-hydroxylation sites is 1. The van der Waals surface area contributed by atoms with Crippen LogP contribution in [0.25, 0.3) is 11.3 Å². The van der Waals surface area contributed by atoms with E-state index in [1.807, 2.05) is 29.9 Å². The van der Waals surface area contributed by atoms with E-state index in [-0.39, 0.29) is 19.4 Å². The van der Waals surface area contributed by atoms with E-state index >= 15 is 0 Å². The van der Waals surface area contributed by atoms with Crippen molar-refractivity contribution < 1.29 is 9.53 Å². The van der Waals surface area contributed by atoms with E-state index in [1.54, 1.807) is 13.2 Å². The number of aryl methyl sites for hydroxylation is 1. The number of benzene rings is 1. The summed E-state index contributed by atoms with van der Waals surface area (Å²) < 4.78 is 7.67. The molecule has 0 spiro atoms. The number of aromatic nitrogens is 4. The predicted octanol–water partition coefficient (Wildman–Crippen LogP) is 3.17. The highest BCUT2D eigenvalue weighted by Gasteiger charge is 2.19. The van der Waals surface area contributed by atoms with Gasteiger partial charge in [0.25, 0.3) is 0 Å². The number of nitrogens with two attached hydrogens (primary N) is 1. The first-order chi connectivity index (χ1) is 14.0. The van der Waals surface area contributed by atoms with Gasteiger partial charge in [0.2, 0.25) is 0 Å². The molecule has 0 saturated heterocycles. The van der Waals surface area contributed by atoms with Crippen molar-refractivity contribution in [1.82, 2.24) is 20.0 Å². The third-order valence-electron chi connectivity index (χ3n) is 4.66. The van der Waals surface area contributed by atoms with Crippen molar-refractivity contribution in [3.05, 3.63) is 36.0 Å². The summed E-state index contributed by atoms with van der Waals surface area (Å²) >= 11 is 0. The lowest BCUT2D eigenvalue weighted by Crippen LogP contribution is -2.14. The highest BCUT2D eigenvalue weighted by Crippen LogP contribution is 2.39. The van der Waals surface area contributed by atoms with Crippen molar-refractivity contribution >= 4 is 36.8 Å². The number of ether oxygens (including phenoxy) is 1. The highest BCUT2D eigenvalue weighted by molar-refractivity contribution is 7.65. The van der Waals surface area contributed by atoms with E-state index in [0.717, 1.165) is 23.6 Å². The standard InChI is InChI=1S/C20H25N6O2P/c1-5-29(6-2)19-11-15(25-26(19)3)13-8-7-9-14(20(13)28-4)22-16-10-18(21)24-23-17(16)12-27/h7-12H,5-6H2,1-4H3,(H3,21,22,24). The Kier molecular flexibility index (Phi) is 6.44. The van der Waals surface area contributed by atoms with Gasteiger partial charge in [0.15, 0.2) is 12.0 Å². The molecule has 0 saturated carbocycles. The summed E-state index contributed by atoms with van der Waals surface area (Å²) in [6, 6.07) is 9.45. The maximum absolute atomic E-state index is 11.3. The number of nitrogens with zero attached hydrogens (tertiary/aromatic N) is 4. The van der Waals surface area contributed by atoms with Crippen molar-refractivity contribution in [2.45, 2.75) is 13.8 Å². The zero-order valence-electron chi connectivity index (χ0n) is 17.0. The molecule has 3 aromatic rings. The van der Waals surface area contributed by atoms with Crippen LogP contribution in [0.4, 0.5) is 17.2 Å². The van der Waals surface area contributed by atoms with Gasteiger partial charge < -0.3 is 15.8 Å². The first-order valence-corrected chi connectivity index (χ1v) is 11.0. The van der Waals surface area contributed by atoms with Crippen molar-refractivity contribution in [3.63, 3.8) is 0 Å². The second-order valence-electron chi connectivity index (χ2n) is 6.38. The number of carbonyl (C=O) groups is 1. The molecule has 29 heavy (non-hydrogen) atoms. The molecule has 3 N–H and O–H groups in total. The fourth-order valence-corrected chi connectivity index (χ4v) is 5.09. The molecule has 0 aliphatic rings.